The standard InChI is InChI=1S/C14H12BrNO2/c1-2-3-4-10-13(8-16)18-12-6-5-9(15)7-11(12)14(10)17/h5-7H,2-4H2,1H3. The molecule has 0 fully saturated rings. The van der Waals surface area contributed by atoms with E-state index in [-0.39, 0.29) is 11.2 Å². The Morgan fingerprint density at radius 1 is 1.44 bits per heavy atom. The number of hydrogen-bond acceptors (Lipinski definition) is 3. The highest BCUT2D eigenvalue weighted by Crippen LogP contribution is 2.20. The fourth-order valence-corrected chi connectivity index (χ4v) is 2.24. The summed E-state index contributed by atoms with van der Waals surface area (Å²) in [7, 11) is 0. The third kappa shape index (κ3) is 2.32. The Labute approximate surface area is 113 Å². The average molecular weight is 306 g/mol. The number of nitriles is 1. The highest BCUT2D eigenvalue weighted by Gasteiger charge is 2.13. The van der Waals surface area contributed by atoms with Gasteiger partial charge in [-0.25, -0.2) is 0 Å². The lowest BCUT2D eigenvalue weighted by Gasteiger charge is -2.04. The predicted octanol–water partition coefficient (Wildman–Crippen LogP) is 3.77. The SMILES string of the molecule is CCCCc1c(C#N)oc2ccc(Br)cc2c1=O. The molecule has 0 aliphatic rings. The molecule has 0 radical (unpaired) electrons. The van der Waals surface area contributed by atoms with Crippen molar-refractivity contribution in [1.29, 1.82) is 5.26 Å². The van der Waals surface area contributed by atoms with E-state index in [1.54, 1.807) is 18.2 Å². The van der Waals surface area contributed by atoms with Crippen LogP contribution in [0.15, 0.2) is 31.9 Å². The monoisotopic (exact) mass is 305 g/mol. The van der Waals surface area contributed by atoms with E-state index in [9.17, 15) is 4.79 Å². The summed E-state index contributed by atoms with van der Waals surface area (Å²) in [5.74, 6) is 0.142. The number of unbranched alkanes of at least 4 members (excludes halogenated alkanes) is 1. The predicted molar refractivity (Wildman–Crippen MR) is 73.5 cm³/mol. The molecule has 2 rings (SSSR count). The molecule has 18 heavy (non-hydrogen) atoms. The van der Waals surface area contributed by atoms with E-state index >= 15 is 0 Å². The number of fused-ring (bicyclic) bond motifs is 1. The highest BCUT2D eigenvalue weighted by molar-refractivity contribution is 9.10. The smallest absolute Gasteiger partial charge is 0.211 e. The maximum Gasteiger partial charge on any atom is 0.211 e. The Bertz CT molecular complexity index is 682. The molecule has 0 unspecified atom stereocenters. The van der Waals surface area contributed by atoms with Crippen molar-refractivity contribution in [2.75, 3.05) is 0 Å². The second-order valence-electron chi connectivity index (χ2n) is 4.09. The Morgan fingerprint density at radius 3 is 2.89 bits per heavy atom. The van der Waals surface area contributed by atoms with E-state index in [2.05, 4.69) is 15.9 Å². The summed E-state index contributed by atoms with van der Waals surface area (Å²) in [5.41, 5.74) is 0.854. The van der Waals surface area contributed by atoms with E-state index in [4.69, 9.17) is 9.68 Å². The summed E-state index contributed by atoms with van der Waals surface area (Å²) in [6, 6.07) is 7.20. The molecule has 0 N–H and O–H groups in total. The van der Waals surface area contributed by atoms with Crippen molar-refractivity contribution in [2.45, 2.75) is 26.2 Å². The summed E-state index contributed by atoms with van der Waals surface area (Å²) in [6.45, 7) is 2.05. The van der Waals surface area contributed by atoms with Gasteiger partial charge in [0.25, 0.3) is 0 Å². The molecule has 0 spiro atoms. The van der Waals surface area contributed by atoms with Crippen LogP contribution in [-0.4, -0.2) is 0 Å². The Balaban J connectivity index is 2.72. The molecule has 0 saturated carbocycles. The van der Waals surface area contributed by atoms with E-state index in [0.717, 1.165) is 17.3 Å². The molecule has 0 saturated heterocycles. The second-order valence-corrected chi connectivity index (χ2v) is 5.01. The summed E-state index contributed by atoms with van der Waals surface area (Å²) in [6.07, 6.45) is 2.43. The van der Waals surface area contributed by atoms with Crippen LogP contribution >= 0.6 is 15.9 Å². The van der Waals surface area contributed by atoms with Gasteiger partial charge in [0.2, 0.25) is 5.76 Å². The van der Waals surface area contributed by atoms with Crippen LogP contribution in [0.3, 0.4) is 0 Å². The van der Waals surface area contributed by atoms with Crippen molar-refractivity contribution in [3.63, 3.8) is 0 Å². The maximum absolute atomic E-state index is 12.3. The molecule has 1 aromatic heterocycles. The van der Waals surface area contributed by atoms with Crippen molar-refractivity contribution in [3.05, 3.63) is 44.2 Å². The molecular weight excluding hydrogens is 294 g/mol. The van der Waals surface area contributed by atoms with Gasteiger partial charge in [0.1, 0.15) is 11.7 Å². The van der Waals surface area contributed by atoms with Crippen molar-refractivity contribution >= 4 is 26.9 Å². The van der Waals surface area contributed by atoms with Gasteiger partial charge < -0.3 is 4.42 Å². The molecule has 0 amide bonds. The van der Waals surface area contributed by atoms with Crippen LogP contribution in [0, 0.1) is 11.3 Å². The maximum atomic E-state index is 12.3. The molecule has 0 aliphatic heterocycles. The summed E-state index contributed by atoms with van der Waals surface area (Å²) < 4.78 is 6.32. The Hall–Kier alpha value is -1.60. The van der Waals surface area contributed by atoms with Crippen LogP contribution < -0.4 is 5.43 Å². The minimum absolute atomic E-state index is 0.0949. The number of nitrogens with zero attached hydrogens (tertiary/aromatic N) is 1. The van der Waals surface area contributed by atoms with E-state index < -0.39 is 0 Å². The highest BCUT2D eigenvalue weighted by atomic mass is 79.9. The number of hydrogen-bond donors (Lipinski definition) is 0. The van der Waals surface area contributed by atoms with Crippen LogP contribution in [0.25, 0.3) is 11.0 Å². The largest absolute Gasteiger partial charge is 0.445 e. The zero-order chi connectivity index (χ0) is 13.1. The van der Waals surface area contributed by atoms with Crippen molar-refractivity contribution in [1.82, 2.24) is 0 Å². The molecule has 2 aromatic rings. The first kappa shape index (κ1) is 12.8. The van der Waals surface area contributed by atoms with E-state index in [1.807, 2.05) is 13.0 Å². The van der Waals surface area contributed by atoms with Crippen molar-refractivity contribution in [2.24, 2.45) is 0 Å². The van der Waals surface area contributed by atoms with Gasteiger partial charge in [-0.3, -0.25) is 4.79 Å². The quantitative estimate of drug-likeness (QED) is 0.867. The third-order valence-corrected chi connectivity index (χ3v) is 3.32. The molecular formula is C14H12BrNO2. The van der Waals surface area contributed by atoms with Gasteiger partial charge in [-0.15, -0.1) is 0 Å². The number of rotatable bonds is 3. The fourth-order valence-electron chi connectivity index (χ4n) is 1.88. The van der Waals surface area contributed by atoms with Gasteiger partial charge in [-0.05, 0) is 31.0 Å². The summed E-state index contributed by atoms with van der Waals surface area (Å²) in [4.78, 5) is 12.3. The zero-order valence-electron chi connectivity index (χ0n) is 10.00. The number of halogens is 1. The zero-order valence-corrected chi connectivity index (χ0v) is 11.6. The molecule has 4 heteroatoms. The van der Waals surface area contributed by atoms with E-state index in [1.165, 1.54) is 0 Å². The molecule has 92 valence electrons. The fraction of sp³-hybridized carbons (Fsp3) is 0.286. The Morgan fingerprint density at radius 2 is 2.22 bits per heavy atom. The van der Waals surface area contributed by atoms with Crippen molar-refractivity contribution in [3.8, 4) is 6.07 Å². The van der Waals surface area contributed by atoms with Gasteiger partial charge >= 0.3 is 0 Å². The van der Waals surface area contributed by atoms with Crippen LogP contribution in [0.1, 0.15) is 31.1 Å². The first-order chi connectivity index (χ1) is 8.67. The molecule has 0 atom stereocenters. The molecule has 0 bridgehead atoms. The summed E-state index contributed by atoms with van der Waals surface area (Å²) >= 11 is 3.33. The van der Waals surface area contributed by atoms with Gasteiger partial charge in [-0.1, -0.05) is 29.3 Å². The Kier molecular flexibility index (Phi) is 3.83. The van der Waals surface area contributed by atoms with Crippen LogP contribution in [0.4, 0.5) is 0 Å². The average Bonchev–Trinajstić information content (AvgIpc) is 2.38. The van der Waals surface area contributed by atoms with Crippen LogP contribution in [0.5, 0.6) is 0 Å². The molecule has 0 aliphatic carbocycles. The lowest BCUT2D eigenvalue weighted by molar-refractivity contribution is 0.572. The first-order valence-electron chi connectivity index (χ1n) is 5.82. The van der Waals surface area contributed by atoms with Gasteiger partial charge in [0, 0.05) is 4.47 Å². The normalized spacial score (nSPS) is 10.5. The minimum atomic E-state index is -0.0949. The van der Waals surface area contributed by atoms with Crippen LogP contribution in [0.2, 0.25) is 0 Å². The lowest BCUT2D eigenvalue weighted by atomic mass is 10.1. The number of benzene rings is 1. The van der Waals surface area contributed by atoms with Gasteiger partial charge in [0.05, 0.1) is 10.9 Å². The molecule has 1 heterocycles. The summed E-state index contributed by atoms with van der Waals surface area (Å²) in [5, 5.41) is 9.59. The van der Waals surface area contributed by atoms with Crippen LogP contribution in [-0.2, 0) is 6.42 Å². The van der Waals surface area contributed by atoms with Gasteiger partial charge in [-0.2, -0.15) is 5.26 Å². The lowest BCUT2D eigenvalue weighted by Crippen LogP contribution is -2.11. The molecule has 1 aromatic carbocycles. The minimum Gasteiger partial charge on any atom is -0.445 e. The van der Waals surface area contributed by atoms with Gasteiger partial charge in [0.15, 0.2) is 5.43 Å². The van der Waals surface area contributed by atoms with Crippen molar-refractivity contribution < 1.29 is 4.42 Å². The third-order valence-electron chi connectivity index (χ3n) is 2.83. The van der Waals surface area contributed by atoms with E-state index in [0.29, 0.717) is 23.0 Å². The molecule has 3 nitrogen and oxygen atoms in total. The first-order valence-corrected chi connectivity index (χ1v) is 6.62. The second kappa shape index (κ2) is 5.36. The topological polar surface area (TPSA) is 54.0 Å².